The lowest BCUT2D eigenvalue weighted by Gasteiger charge is -2.24. The molecule has 1 spiro atoms. The van der Waals surface area contributed by atoms with E-state index in [1.165, 1.54) is 13.2 Å². The van der Waals surface area contributed by atoms with Gasteiger partial charge in [0.25, 0.3) is 5.91 Å². The van der Waals surface area contributed by atoms with Gasteiger partial charge in [0.05, 0.1) is 19.4 Å². The zero-order valence-corrected chi connectivity index (χ0v) is 12.8. The molecule has 0 saturated carbocycles. The van der Waals surface area contributed by atoms with E-state index in [1.807, 2.05) is 31.2 Å². The maximum atomic E-state index is 12.8. The summed E-state index contributed by atoms with van der Waals surface area (Å²) in [5.74, 6) is -0.538. The number of methoxy groups -OCH3 is 1. The molecule has 22 heavy (non-hydrogen) atoms. The van der Waals surface area contributed by atoms with E-state index < -0.39 is 11.6 Å². The molecule has 1 amide bonds. The average Bonchev–Trinajstić information content (AvgIpc) is 2.98. The van der Waals surface area contributed by atoms with Crippen molar-refractivity contribution in [3.63, 3.8) is 0 Å². The maximum absolute atomic E-state index is 12.8. The Morgan fingerprint density at radius 2 is 2.14 bits per heavy atom. The summed E-state index contributed by atoms with van der Waals surface area (Å²) in [7, 11) is 3.07. The number of hydrogen-bond donors (Lipinski definition) is 0. The van der Waals surface area contributed by atoms with Crippen molar-refractivity contribution >= 4 is 17.6 Å². The van der Waals surface area contributed by atoms with Crippen LogP contribution >= 0.6 is 0 Å². The number of nitrogens with zero attached hydrogens (tertiary/aromatic N) is 1. The second kappa shape index (κ2) is 5.10. The van der Waals surface area contributed by atoms with Crippen LogP contribution in [0.1, 0.15) is 12.5 Å². The van der Waals surface area contributed by atoms with Crippen LogP contribution in [-0.4, -0.2) is 32.6 Å². The van der Waals surface area contributed by atoms with Crippen LogP contribution in [0.3, 0.4) is 0 Å². The molecule has 0 radical (unpaired) electrons. The molecule has 1 aromatic rings. The summed E-state index contributed by atoms with van der Waals surface area (Å²) in [5.41, 5.74) is 2.27. The largest absolute Gasteiger partial charge is 0.466 e. The predicted octanol–water partition coefficient (Wildman–Crippen LogP) is 1.93. The monoisotopic (exact) mass is 299 g/mol. The molecule has 2 heterocycles. The summed E-state index contributed by atoms with van der Waals surface area (Å²) in [4.78, 5) is 25.7. The third-order valence-corrected chi connectivity index (χ3v) is 4.33. The van der Waals surface area contributed by atoms with Crippen LogP contribution in [0.4, 0.5) is 5.69 Å². The van der Waals surface area contributed by atoms with Crippen LogP contribution in [-0.2, 0) is 24.7 Å². The maximum Gasteiger partial charge on any atom is 0.330 e. The third-order valence-electron chi connectivity index (χ3n) is 4.33. The smallest absolute Gasteiger partial charge is 0.330 e. The summed E-state index contributed by atoms with van der Waals surface area (Å²) in [6.45, 7) is 2.16. The molecular weight excluding hydrogens is 282 g/mol. The first kappa shape index (κ1) is 14.5. The van der Waals surface area contributed by atoms with Gasteiger partial charge in [-0.2, -0.15) is 0 Å². The topological polar surface area (TPSA) is 55.8 Å². The molecule has 0 bridgehead atoms. The van der Waals surface area contributed by atoms with Crippen molar-refractivity contribution in [2.24, 2.45) is 0 Å². The highest BCUT2D eigenvalue weighted by Gasteiger charge is 2.55. The number of carbonyl (C=O) groups excluding carboxylic acids is 2. The minimum atomic E-state index is -1.07. The molecule has 0 fully saturated rings. The van der Waals surface area contributed by atoms with Gasteiger partial charge in [0.2, 0.25) is 0 Å². The van der Waals surface area contributed by atoms with E-state index in [0.717, 1.165) is 22.4 Å². The van der Waals surface area contributed by atoms with Crippen LogP contribution < -0.4 is 4.90 Å². The second-order valence-corrected chi connectivity index (χ2v) is 5.36. The van der Waals surface area contributed by atoms with E-state index in [1.54, 1.807) is 18.0 Å². The van der Waals surface area contributed by atoms with Crippen molar-refractivity contribution in [1.82, 2.24) is 0 Å². The number of carbonyl (C=O) groups is 2. The number of amides is 1. The summed E-state index contributed by atoms with van der Waals surface area (Å²) in [6.07, 6.45) is 3.00. The second-order valence-electron chi connectivity index (χ2n) is 5.36. The Kier molecular flexibility index (Phi) is 3.37. The Labute approximate surface area is 128 Å². The normalized spacial score (nSPS) is 23.8. The molecule has 0 aliphatic carbocycles. The molecule has 1 unspecified atom stereocenters. The van der Waals surface area contributed by atoms with Gasteiger partial charge >= 0.3 is 5.97 Å². The number of hydrogen-bond acceptors (Lipinski definition) is 4. The lowest BCUT2D eigenvalue weighted by atomic mass is 9.87. The number of likely N-dealkylation sites (N-methyl/N-ethyl adjacent to an activating group) is 1. The number of anilines is 1. The number of ether oxygens (including phenoxy) is 2. The van der Waals surface area contributed by atoms with E-state index in [0.29, 0.717) is 0 Å². The van der Waals surface area contributed by atoms with Crippen molar-refractivity contribution in [1.29, 1.82) is 0 Å². The fourth-order valence-corrected chi connectivity index (χ4v) is 3.06. The van der Waals surface area contributed by atoms with Gasteiger partial charge in [-0.25, -0.2) is 4.79 Å². The Morgan fingerprint density at radius 1 is 1.41 bits per heavy atom. The summed E-state index contributed by atoms with van der Waals surface area (Å²) in [5, 5.41) is 0. The molecule has 0 N–H and O–H groups in total. The number of benzene rings is 1. The minimum Gasteiger partial charge on any atom is -0.466 e. The average molecular weight is 299 g/mol. The molecule has 0 saturated heterocycles. The molecule has 2 aliphatic rings. The lowest BCUT2D eigenvalue weighted by molar-refractivity contribution is -0.135. The molecule has 1 aromatic carbocycles. The molecule has 0 aromatic heterocycles. The zero-order valence-electron chi connectivity index (χ0n) is 12.8. The lowest BCUT2D eigenvalue weighted by Crippen LogP contribution is -2.39. The Hall–Kier alpha value is -2.40. The highest BCUT2D eigenvalue weighted by Crippen LogP contribution is 2.50. The van der Waals surface area contributed by atoms with Crippen LogP contribution in [0.25, 0.3) is 0 Å². The number of rotatable bonds is 2. The first-order valence-corrected chi connectivity index (χ1v) is 7.00. The molecule has 1 atom stereocenters. The van der Waals surface area contributed by atoms with Gasteiger partial charge in [0.15, 0.2) is 5.60 Å². The van der Waals surface area contributed by atoms with E-state index >= 15 is 0 Å². The highest BCUT2D eigenvalue weighted by molar-refractivity contribution is 6.09. The van der Waals surface area contributed by atoms with Crippen molar-refractivity contribution in [2.45, 2.75) is 12.5 Å². The Balaban J connectivity index is 2.09. The molecule has 2 aliphatic heterocycles. The fraction of sp³-hybridized carbons (Fsp3) is 0.294. The summed E-state index contributed by atoms with van der Waals surface area (Å²) in [6, 6.07) is 7.60. The first-order valence-electron chi connectivity index (χ1n) is 7.00. The quantitative estimate of drug-likeness (QED) is 0.618. The van der Waals surface area contributed by atoms with Gasteiger partial charge in [-0.1, -0.05) is 18.2 Å². The van der Waals surface area contributed by atoms with Crippen LogP contribution in [0.15, 0.2) is 47.6 Å². The van der Waals surface area contributed by atoms with Crippen molar-refractivity contribution in [3.8, 4) is 0 Å². The zero-order chi connectivity index (χ0) is 15.9. The summed E-state index contributed by atoms with van der Waals surface area (Å²) >= 11 is 0. The van der Waals surface area contributed by atoms with Crippen molar-refractivity contribution < 1.29 is 19.1 Å². The third kappa shape index (κ3) is 1.82. The number of para-hydroxylation sites is 1. The van der Waals surface area contributed by atoms with E-state index in [4.69, 9.17) is 4.74 Å². The van der Waals surface area contributed by atoms with Gasteiger partial charge in [0.1, 0.15) is 0 Å². The van der Waals surface area contributed by atoms with E-state index in [9.17, 15) is 9.59 Å². The SMILES string of the molecule is COC(=O)/C=C/C1=C(C)C2(OC1)C(=O)N(C)c1ccccc12. The van der Waals surface area contributed by atoms with E-state index in [-0.39, 0.29) is 12.5 Å². The number of fused-ring (bicyclic) bond motifs is 2. The minimum absolute atomic E-state index is 0.104. The Morgan fingerprint density at radius 3 is 2.86 bits per heavy atom. The summed E-state index contributed by atoms with van der Waals surface area (Å²) < 4.78 is 10.5. The highest BCUT2D eigenvalue weighted by atomic mass is 16.5. The van der Waals surface area contributed by atoms with Gasteiger partial charge in [0, 0.05) is 18.7 Å². The van der Waals surface area contributed by atoms with Crippen molar-refractivity contribution in [3.05, 3.63) is 53.1 Å². The number of esters is 1. The molecule has 114 valence electrons. The molecular formula is C17H17NO4. The van der Waals surface area contributed by atoms with E-state index in [2.05, 4.69) is 4.74 Å². The molecule has 3 rings (SSSR count). The van der Waals surface area contributed by atoms with Crippen LogP contribution in [0.2, 0.25) is 0 Å². The molecule has 5 nitrogen and oxygen atoms in total. The fourth-order valence-electron chi connectivity index (χ4n) is 3.06. The first-order chi connectivity index (χ1) is 10.5. The van der Waals surface area contributed by atoms with Gasteiger partial charge in [-0.05, 0) is 30.2 Å². The van der Waals surface area contributed by atoms with Crippen LogP contribution in [0.5, 0.6) is 0 Å². The van der Waals surface area contributed by atoms with Gasteiger partial charge in [-0.15, -0.1) is 0 Å². The predicted molar refractivity (Wildman–Crippen MR) is 81.3 cm³/mol. The molecule has 5 heteroatoms. The standard InChI is InChI=1S/C17H17NO4/c1-11-12(8-9-15(19)21-3)10-22-17(11)13-6-4-5-7-14(13)18(2)16(17)20/h4-9H,10H2,1-3H3/b9-8+. The van der Waals surface area contributed by atoms with Crippen molar-refractivity contribution in [2.75, 3.05) is 25.7 Å². The van der Waals surface area contributed by atoms with Crippen LogP contribution in [0, 0.1) is 0 Å². The Bertz CT molecular complexity index is 719. The van der Waals surface area contributed by atoms with Gasteiger partial charge in [-0.3, -0.25) is 4.79 Å². The van der Waals surface area contributed by atoms with Gasteiger partial charge < -0.3 is 14.4 Å².